The number of aryl methyl sites for hydroxylation is 2. The first kappa shape index (κ1) is 26.6. The first-order chi connectivity index (χ1) is 17.7. The maximum absolute atomic E-state index is 12.9. The molecule has 1 aliphatic rings. The maximum atomic E-state index is 12.9. The molecule has 0 bridgehead atoms. The summed E-state index contributed by atoms with van der Waals surface area (Å²) in [5.74, 6) is 0.787. The number of nitrogens with one attached hydrogen (secondary N) is 1. The Morgan fingerprint density at radius 2 is 1.62 bits per heavy atom. The molecule has 7 heteroatoms. The number of hydrogen-bond donors (Lipinski definition) is 1. The average molecular weight is 520 g/mol. The Kier molecular flexibility index (Phi) is 8.39. The normalized spacial score (nSPS) is 13.6. The van der Waals surface area contributed by atoms with Crippen LogP contribution < -0.4 is 15.0 Å². The smallest absolute Gasteiger partial charge is 0.262 e. The van der Waals surface area contributed by atoms with E-state index in [1.807, 2.05) is 73.3 Å². The fourth-order valence-electron chi connectivity index (χ4n) is 4.52. The number of anilines is 2. The standard InChI is InChI=1S/C30H34ClN3O3/c1-20(2)24-13-10-22(4)18-27(24)37-19-28(35)32-26-7-5-6-25(31)29(26)33-14-16-34(17-15-33)30(36)23-11-8-21(3)9-12-23/h5-13,18,20H,14-17,19H2,1-4H3,(H,32,35). The topological polar surface area (TPSA) is 61.9 Å². The Balaban J connectivity index is 1.41. The maximum Gasteiger partial charge on any atom is 0.262 e. The molecule has 3 aromatic carbocycles. The Morgan fingerprint density at radius 1 is 0.946 bits per heavy atom. The molecule has 1 saturated heterocycles. The summed E-state index contributed by atoms with van der Waals surface area (Å²) in [7, 11) is 0. The minimum absolute atomic E-state index is 0.0291. The van der Waals surface area contributed by atoms with Gasteiger partial charge < -0.3 is 19.9 Å². The third-order valence-electron chi connectivity index (χ3n) is 6.59. The second-order valence-corrected chi connectivity index (χ2v) is 10.2. The van der Waals surface area contributed by atoms with Gasteiger partial charge in [-0.15, -0.1) is 0 Å². The predicted octanol–water partition coefficient (Wildman–Crippen LogP) is 6.06. The van der Waals surface area contributed by atoms with Crippen molar-refractivity contribution in [3.8, 4) is 5.75 Å². The Hall–Kier alpha value is -3.51. The molecule has 3 aromatic rings. The number of piperazine rings is 1. The molecular weight excluding hydrogens is 486 g/mol. The Labute approximate surface area is 224 Å². The van der Waals surface area contributed by atoms with Crippen molar-refractivity contribution in [1.29, 1.82) is 0 Å². The van der Waals surface area contributed by atoms with Crippen molar-refractivity contribution in [1.82, 2.24) is 4.90 Å². The molecule has 1 aliphatic heterocycles. The number of para-hydroxylation sites is 1. The van der Waals surface area contributed by atoms with Crippen molar-refractivity contribution in [2.45, 2.75) is 33.6 Å². The van der Waals surface area contributed by atoms with Gasteiger partial charge in [-0.25, -0.2) is 0 Å². The number of benzene rings is 3. The van der Waals surface area contributed by atoms with Gasteiger partial charge in [0, 0.05) is 31.7 Å². The van der Waals surface area contributed by atoms with E-state index in [1.165, 1.54) is 0 Å². The van der Waals surface area contributed by atoms with E-state index >= 15 is 0 Å². The highest BCUT2D eigenvalue weighted by molar-refractivity contribution is 6.34. The summed E-state index contributed by atoms with van der Waals surface area (Å²) in [5, 5.41) is 3.53. The van der Waals surface area contributed by atoms with Crippen molar-refractivity contribution in [2.24, 2.45) is 0 Å². The summed E-state index contributed by atoms with van der Waals surface area (Å²) in [4.78, 5) is 29.8. The summed E-state index contributed by atoms with van der Waals surface area (Å²) in [6.45, 7) is 10.5. The van der Waals surface area contributed by atoms with Crippen LogP contribution in [0.5, 0.6) is 5.75 Å². The largest absolute Gasteiger partial charge is 0.483 e. The van der Waals surface area contributed by atoms with Gasteiger partial charge in [0.15, 0.2) is 6.61 Å². The van der Waals surface area contributed by atoms with Gasteiger partial charge in [-0.1, -0.05) is 61.3 Å². The number of nitrogens with zero attached hydrogens (tertiary/aromatic N) is 2. The van der Waals surface area contributed by atoms with Crippen LogP contribution in [0.25, 0.3) is 0 Å². The minimum atomic E-state index is -0.257. The minimum Gasteiger partial charge on any atom is -0.483 e. The number of carbonyl (C=O) groups excluding carboxylic acids is 2. The fourth-order valence-corrected chi connectivity index (χ4v) is 4.82. The van der Waals surface area contributed by atoms with E-state index in [9.17, 15) is 9.59 Å². The molecule has 0 unspecified atom stereocenters. The van der Waals surface area contributed by atoms with Crippen molar-refractivity contribution >= 4 is 34.8 Å². The van der Waals surface area contributed by atoms with Crippen LogP contribution in [0.2, 0.25) is 5.02 Å². The molecule has 0 saturated carbocycles. The van der Waals surface area contributed by atoms with Gasteiger partial charge in [-0.3, -0.25) is 9.59 Å². The second kappa shape index (κ2) is 11.7. The van der Waals surface area contributed by atoms with Crippen molar-refractivity contribution in [3.63, 3.8) is 0 Å². The van der Waals surface area contributed by atoms with E-state index in [2.05, 4.69) is 30.1 Å². The Morgan fingerprint density at radius 3 is 2.30 bits per heavy atom. The second-order valence-electron chi connectivity index (χ2n) is 9.81. The van der Waals surface area contributed by atoms with Gasteiger partial charge in [0.2, 0.25) is 0 Å². The number of carbonyl (C=O) groups is 2. The molecule has 1 heterocycles. The molecule has 0 spiro atoms. The predicted molar refractivity (Wildman–Crippen MR) is 150 cm³/mol. The van der Waals surface area contributed by atoms with Crippen LogP contribution in [-0.4, -0.2) is 49.5 Å². The average Bonchev–Trinajstić information content (AvgIpc) is 2.88. The highest BCUT2D eigenvalue weighted by Gasteiger charge is 2.25. The molecule has 1 fully saturated rings. The number of ether oxygens (including phenoxy) is 1. The van der Waals surface area contributed by atoms with Gasteiger partial charge in [0.1, 0.15) is 5.75 Å². The number of rotatable bonds is 7. The third-order valence-corrected chi connectivity index (χ3v) is 6.90. The lowest BCUT2D eigenvalue weighted by Gasteiger charge is -2.37. The van der Waals surface area contributed by atoms with E-state index in [-0.39, 0.29) is 24.3 Å². The van der Waals surface area contributed by atoms with Crippen LogP contribution in [-0.2, 0) is 4.79 Å². The first-order valence-electron chi connectivity index (χ1n) is 12.7. The zero-order chi connectivity index (χ0) is 26.5. The van der Waals surface area contributed by atoms with Gasteiger partial charge in [0.05, 0.1) is 16.4 Å². The zero-order valence-corrected chi connectivity index (χ0v) is 22.6. The van der Waals surface area contributed by atoms with Crippen molar-refractivity contribution < 1.29 is 14.3 Å². The van der Waals surface area contributed by atoms with Crippen LogP contribution in [0.3, 0.4) is 0 Å². The molecule has 2 amide bonds. The summed E-state index contributed by atoms with van der Waals surface area (Å²) in [5.41, 5.74) is 5.36. The molecule has 6 nitrogen and oxygen atoms in total. The molecule has 1 N–H and O–H groups in total. The quantitative estimate of drug-likeness (QED) is 0.412. The SMILES string of the molecule is Cc1ccc(C(=O)N2CCN(c3c(Cl)cccc3NC(=O)COc3cc(C)ccc3C(C)C)CC2)cc1. The van der Waals surface area contributed by atoms with Gasteiger partial charge in [0.25, 0.3) is 11.8 Å². The number of halogens is 1. The highest BCUT2D eigenvalue weighted by atomic mass is 35.5. The monoisotopic (exact) mass is 519 g/mol. The molecule has 4 rings (SSSR count). The van der Waals surface area contributed by atoms with Crippen molar-refractivity contribution in [2.75, 3.05) is 43.0 Å². The van der Waals surface area contributed by atoms with Crippen LogP contribution in [0.1, 0.15) is 46.8 Å². The third kappa shape index (κ3) is 6.44. The summed E-state index contributed by atoms with van der Waals surface area (Å²) < 4.78 is 5.92. The Bertz CT molecular complexity index is 1270. The first-order valence-corrected chi connectivity index (χ1v) is 13.0. The lowest BCUT2D eigenvalue weighted by molar-refractivity contribution is -0.118. The van der Waals surface area contributed by atoms with E-state index in [4.69, 9.17) is 16.3 Å². The number of hydrogen-bond acceptors (Lipinski definition) is 4. The lowest BCUT2D eigenvalue weighted by Crippen LogP contribution is -2.49. The molecule has 0 atom stereocenters. The van der Waals surface area contributed by atoms with Gasteiger partial charge in [-0.2, -0.15) is 0 Å². The molecule has 0 aliphatic carbocycles. The molecule has 194 valence electrons. The van der Waals surface area contributed by atoms with E-state index in [0.717, 1.165) is 28.1 Å². The molecule has 37 heavy (non-hydrogen) atoms. The summed E-state index contributed by atoms with van der Waals surface area (Å²) in [6.07, 6.45) is 0. The van der Waals surface area contributed by atoms with E-state index in [1.54, 1.807) is 0 Å². The number of amides is 2. The van der Waals surface area contributed by atoms with Crippen LogP contribution in [0.4, 0.5) is 11.4 Å². The van der Waals surface area contributed by atoms with Crippen LogP contribution in [0.15, 0.2) is 60.7 Å². The lowest BCUT2D eigenvalue weighted by atomic mass is 10.0. The van der Waals surface area contributed by atoms with Crippen LogP contribution in [0, 0.1) is 13.8 Å². The zero-order valence-electron chi connectivity index (χ0n) is 21.9. The van der Waals surface area contributed by atoms with E-state index < -0.39 is 0 Å². The molecule has 0 aromatic heterocycles. The summed E-state index contributed by atoms with van der Waals surface area (Å²) >= 11 is 6.60. The van der Waals surface area contributed by atoms with Crippen LogP contribution >= 0.6 is 11.6 Å². The van der Waals surface area contributed by atoms with E-state index in [0.29, 0.717) is 42.5 Å². The molecular formula is C30H34ClN3O3. The highest BCUT2D eigenvalue weighted by Crippen LogP contribution is 2.35. The van der Waals surface area contributed by atoms with Crippen molar-refractivity contribution in [3.05, 3.63) is 87.9 Å². The van der Waals surface area contributed by atoms with Gasteiger partial charge in [-0.05, 0) is 61.2 Å². The fraction of sp³-hybridized carbons (Fsp3) is 0.333. The van der Waals surface area contributed by atoms with Gasteiger partial charge >= 0.3 is 0 Å². The summed E-state index contributed by atoms with van der Waals surface area (Å²) in [6, 6.07) is 19.2. The molecule has 0 radical (unpaired) electrons.